The molecule has 0 aliphatic carbocycles. The highest BCUT2D eigenvalue weighted by atomic mass is 32.2. The summed E-state index contributed by atoms with van der Waals surface area (Å²) in [7, 11) is -4.07. The van der Waals surface area contributed by atoms with Crippen LogP contribution in [0.1, 0.15) is 42.3 Å². The Morgan fingerprint density at radius 2 is 1.61 bits per heavy atom. The molecule has 0 fully saturated rings. The molecule has 0 saturated heterocycles. The molecule has 23 heavy (non-hydrogen) atoms. The van der Waals surface area contributed by atoms with Crippen molar-refractivity contribution >= 4 is 15.8 Å². The van der Waals surface area contributed by atoms with E-state index in [0.29, 0.717) is 0 Å². The molecule has 0 radical (unpaired) electrons. The first-order valence-corrected chi connectivity index (χ1v) is 8.52. The zero-order valence-corrected chi connectivity index (χ0v) is 13.9. The van der Waals surface area contributed by atoms with Gasteiger partial charge in [-0.05, 0) is 47.4 Å². The molecule has 0 unspecified atom stereocenters. The molecule has 2 rings (SSSR count). The maximum absolute atomic E-state index is 13.0. The first-order chi connectivity index (χ1) is 10.5. The highest BCUT2D eigenvalue weighted by Gasteiger charge is 2.24. The summed E-state index contributed by atoms with van der Waals surface area (Å²) < 4.78 is 36.8. The van der Waals surface area contributed by atoms with Gasteiger partial charge in [-0.3, -0.25) is 4.79 Å². The average molecular weight is 335 g/mol. The van der Waals surface area contributed by atoms with Gasteiger partial charge in [0.1, 0.15) is 5.82 Å². The van der Waals surface area contributed by atoms with Gasteiger partial charge in [0.25, 0.3) is 0 Å². The van der Waals surface area contributed by atoms with E-state index in [4.69, 9.17) is 5.14 Å². The van der Waals surface area contributed by atoms with Crippen molar-refractivity contribution in [3.8, 4) is 0 Å². The second kappa shape index (κ2) is 5.86. The maximum atomic E-state index is 13.0. The molecule has 0 atom stereocenters. The molecule has 0 spiro atoms. The molecular formula is C17H18FNO3S. The zero-order chi connectivity index (χ0) is 17.4. The molecule has 2 aromatic rings. The standard InChI is InChI=1S/C17H18FNO3S/c1-17(2,3)12-6-9-14(15(10-12)23(19,21)22)16(20)11-4-7-13(18)8-5-11/h4-10H,1-3H3,(H2,19,21,22). The lowest BCUT2D eigenvalue weighted by Gasteiger charge is -2.20. The summed E-state index contributed by atoms with van der Waals surface area (Å²) in [6, 6.07) is 9.48. The number of primary sulfonamides is 1. The van der Waals surface area contributed by atoms with Crippen LogP contribution in [0.5, 0.6) is 0 Å². The van der Waals surface area contributed by atoms with Crippen molar-refractivity contribution in [2.24, 2.45) is 5.14 Å². The Hall–Kier alpha value is -2.05. The lowest BCUT2D eigenvalue weighted by Crippen LogP contribution is -2.20. The van der Waals surface area contributed by atoms with Gasteiger partial charge in [0, 0.05) is 11.1 Å². The second-order valence-corrected chi connectivity index (χ2v) is 7.87. The van der Waals surface area contributed by atoms with Crippen LogP contribution in [0.3, 0.4) is 0 Å². The highest BCUT2D eigenvalue weighted by Crippen LogP contribution is 2.27. The SMILES string of the molecule is CC(C)(C)c1ccc(C(=O)c2ccc(F)cc2)c(S(N)(=O)=O)c1. The lowest BCUT2D eigenvalue weighted by molar-refractivity contribution is 0.103. The van der Waals surface area contributed by atoms with Crippen LogP contribution in [0.15, 0.2) is 47.4 Å². The van der Waals surface area contributed by atoms with Gasteiger partial charge in [0.05, 0.1) is 4.90 Å². The van der Waals surface area contributed by atoms with Crippen LogP contribution in [0.4, 0.5) is 4.39 Å². The van der Waals surface area contributed by atoms with E-state index in [1.165, 1.54) is 24.3 Å². The van der Waals surface area contributed by atoms with Gasteiger partial charge in [-0.25, -0.2) is 17.9 Å². The predicted octanol–water partition coefficient (Wildman–Crippen LogP) is 3.00. The van der Waals surface area contributed by atoms with Crippen molar-refractivity contribution in [3.63, 3.8) is 0 Å². The van der Waals surface area contributed by atoms with Crippen molar-refractivity contribution in [1.29, 1.82) is 0 Å². The van der Waals surface area contributed by atoms with E-state index in [2.05, 4.69) is 0 Å². The van der Waals surface area contributed by atoms with Gasteiger partial charge < -0.3 is 0 Å². The number of nitrogens with two attached hydrogens (primary N) is 1. The van der Waals surface area contributed by atoms with Crippen LogP contribution in [-0.2, 0) is 15.4 Å². The summed E-state index contributed by atoms with van der Waals surface area (Å²) in [4.78, 5) is 12.3. The second-order valence-electron chi connectivity index (χ2n) is 6.34. The summed E-state index contributed by atoms with van der Waals surface area (Å²) in [5.41, 5.74) is 0.626. The molecule has 4 nitrogen and oxygen atoms in total. The molecule has 122 valence electrons. The van der Waals surface area contributed by atoms with E-state index in [1.54, 1.807) is 6.07 Å². The van der Waals surface area contributed by atoms with Gasteiger partial charge in [-0.1, -0.05) is 26.8 Å². The van der Waals surface area contributed by atoms with Gasteiger partial charge in [-0.15, -0.1) is 0 Å². The minimum atomic E-state index is -4.07. The van der Waals surface area contributed by atoms with E-state index in [1.807, 2.05) is 20.8 Å². The van der Waals surface area contributed by atoms with Gasteiger partial charge in [0.2, 0.25) is 10.0 Å². The summed E-state index contributed by atoms with van der Waals surface area (Å²) in [6.45, 7) is 5.78. The summed E-state index contributed by atoms with van der Waals surface area (Å²) in [5.74, 6) is -0.995. The molecule has 0 heterocycles. The fourth-order valence-corrected chi connectivity index (χ4v) is 2.93. The Morgan fingerprint density at radius 1 is 1.04 bits per heavy atom. The molecule has 0 saturated carbocycles. The van der Waals surface area contributed by atoms with Crippen LogP contribution in [0.25, 0.3) is 0 Å². The molecule has 0 amide bonds. The Morgan fingerprint density at radius 3 is 2.09 bits per heavy atom. The largest absolute Gasteiger partial charge is 0.289 e. The van der Waals surface area contributed by atoms with Crippen molar-refractivity contribution in [2.75, 3.05) is 0 Å². The number of ketones is 1. The van der Waals surface area contributed by atoms with Crippen LogP contribution < -0.4 is 5.14 Å². The van der Waals surface area contributed by atoms with Crippen molar-refractivity contribution in [2.45, 2.75) is 31.1 Å². The Bertz CT molecular complexity index is 850. The topological polar surface area (TPSA) is 77.2 Å². The zero-order valence-electron chi connectivity index (χ0n) is 13.1. The number of sulfonamides is 1. The summed E-state index contributed by atoms with van der Waals surface area (Å²) in [5, 5.41) is 5.27. The number of halogens is 1. The van der Waals surface area contributed by atoms with Crippen LogP contribution in [-0.4, -0.2) is 14.2 Å². The first kappa shape index (κ1) is 17.3. The Labute approximate surface area is 135 Å². The van der Waals surface area contributed by atoms with Gasteiger partial charge in [-0.2, -0.15) is 0 Å². The van der Waals surface area contributed by atoms with E-state index in [0.717, 1.165) is 17.7 Å². The number of hydrogen-bond donors (Lipinski definition) is 1. The highest BCUT2D eigenvalue weighted by molar-refractivity contribution is 7.89. The number of carbonyl (C=O) groups excluding carboxylic acids is 1. The van der Waals surface area contributed by atoms with Crippen molar-refractivity contribution in [1.82, 2.24) is 0 Å². The maximum Gasteiger partial charge on any atom is 0.238 e. The van der Waals surface area contributed by atoms with Gasteiger partial charge in [0.15, 0.2) is 5.78 Å². The number of benzene rings is 2. The molecule has 0 aliphatic heterocycles. The predicted molar refractivity (Wildman–Crippen MR) is 86.3 cm³/mol. The number of rotatable bonds is 3. The fourth-order valence-electron chi connectivity index (χ4n) is 2.17. The van der Waals surface area contributed by atoms with Crippen LogP contribution >= 0.6 is 0 Å². The van der Waals surface area contributed by atoms with E-state index < -0.39 is 21.6 Å². The van der Waals surface area contributed by atoms with Crippen LogP contribution in [0.2, 0.25) is 0 Å². The summed E-state index contributed by atoms with van der Waals surface area (Å²) in [6.07, 6.45) is 0. The molecule has 2 aromatic carbocycles. The average Bonchev–Trinajstić information content (AvgIpc) is 2.45. The molecule has 0 aromatic heterocycles. The third-order valence-corrected chi connectivity index (χ3v) is 4.46. The monoisotopic (exact) mass is 335 g/mol. The smallest absolute Gasteiger partial charge is 0.238 e. The Balaban J connectivity index is 2.62. The lowest BCUT2D eigenvalue weighted by atomic mass is 9.86. The third kappa shape index (κ3) is 3.83. The Kier molecular flexibility index (Phi) is 4.41. The van der Waals surface area contributed by atoms with Crippen molar-refractivity contribution in [3.05, 3.63) is 65.0 Å². The van der Waals surface area contributed by atoms with E-state index in [9.17, 15) is 17.6 Å². The van der Waals surface area contributed by atoms with Crippen molar-refractivity contribution < 1.29 is 17.6 Å². The minimum absolute atomic E-state index is 0.0212. The molecule has 2 N–H and O–H groups in total. The first-order valence-electron chi connectivity index (χ1n) is 6.98. The van der Waals surface area contributed by atoms with E-state index >= 15 is 0 Å². The molecular weight excluding hydrogens is 317 g/mol. The van der Waals surface area contributed by atoms with E-state index in [-0.39, 0.29) is 21.4 Å². The molecule has 6 heteroatoms. The quantitative estimate of drug-likeness (QED) is 0.876. The number of hydrogen-bond acceptors (Lipinski definition) is 3. The third-order valence-electron chi connectivity index (χ3n) is 3.51. The molecule has 0 bridgehead atoms. The van der Waals surface area contributed by atoms with Gasteiger partial charge >= 0.3 is 0 Å². The molecule has 0 aliphatic rings. The summed E-state index contributed by atoms with van der Waals surface area (Å²) >= 11 is 0. The minimum Gasteiger partial charge on any atom is -0.289 e. The fraction of sp³-hybridized carbons (Fsp3) is 0.235. The van der Waals surface area contributed by atoms with Crippen LogP contribution in [0, 0.1) is 5.82 Å². The normalized spacial score (nSPS) is 12.2. The number of carbonyl (C=O) groups is 1.